The van der Waals surface area contributed by atoms with E-state index in [0.717, 1.165) is 48.2 Å². The van der Waals surface area contributed by atoms with Gasteiger partial charge in [0.25, 0.3) is 5.91 Å². The summed E-state index contributed by atoms with van der Waals surface area (Å²) in [6, 6.07) is 0.423. The molecule has 1 fully saturated rings. The molecular formula is C22H29BrN8O2. The zero-order valence-corrected chi connectivity index (χ0v) is 20.5. The maximum absolute atomic E-state index is 11.9. The number of piperidine rings is 1. The summed E-state index contributed by atoms with van der Waals surface area (Å²) in [4.78, 5) is 24.9. The van der Waals surface area contributed by atoms with E-state index < -0.39 is 0 Å². The Balaban J connectivity index is 1.33. The molecule has 11 heteroatoms. The molecule has 0 saturated carbocycles. The first-order valence-corrected chi connectivity index (χ1v) is 11.9. The minimum Gasteiger partial charge on any atom is -0.471 e. The van der Waals surface area contributed by atoms with E-state index >= 15 is 0 Å². The number of carbonyl (C=O) groups excluding carboxylic acids is 1. The molecule has 2 aliphatic rings. The second kappa shape index (κ2) is 10.8. The van der Waals surface area contributed by atoms with Crippen LogP contribution in [0.5, 0.6) is 0 Å². The molecule has 0 atom stereocenters. The fourth-order valence-electron chi connectivity index (χ4n) is 3.78. The van der Waals surface area contributed by atoms with Crippen molar-refractivity contribution in [3.8, 4) is 0 Å². The Bertz CT molecular complexity index is 1030. The summed E-state index contributed by atoms with van der Waals surface area (Å²) in [6.45, 7) is 5.38. The van der Waals surface area contributed by atoms with Crippen molar-refractivity contribution in [2.75, 3.05) is 43.9 Å². The number of aryl methyl sites for hydroxylation is 1. The lowest BCUT2D eigenvalue weighted by molar-refractivity contribution is -0.123. The van der Waals surface area contributed by atoms with Crippen LogP contribution >= 0.6 is 15.9 Å². The molecule has 1 amide bonds. The maximum atomic E-state index is 11.9. The van der Waals surface area contributed by atoms with Crippen LogP contribution in [0, 0.1) is 6.92 Å². The SMILES string of the molecule is Cc1nn(C2CCN(C)CC2)cc1Nc1ncc(Br)c(NCCCN2C=COC=CC2=O)n1. The molecule has 4 heterocycles. The van der Waals surface area contributed by atoms with Crippen molar-refractivity contribution < 1.29 is 9.53 Å². The molecule has 4 rings (SSSR count). The number of ether oxygens (including phenoxy) is 1. The lowest BCUT2D eigenvalue weighted by atomic mass is 10.1. The lowest BCUT2D eigenvalue weighted by Gasteiger charge is -2.28. The lowest BCUT2D eigenvalue weighted by Crippen LogP contribution is -2.31. The minimum absolute atomic E-state index is 0.102. The van der Waals surface area contributed by atoms with Crippen LogP contribution in [0.15, 0.2) is 41.7 Å². The number of amides is 1. The highest BCUT2D eigenvalue weighted by Crippen LogP contribution is 2.26. The van der Waals surface area contributed by atoms with Crippen molar-refractivity contribution in [1.82, 2.24) is 29.5 Å². The third kappa shape index (κ3) is 6.11. The van der Waals surface area contributed by atoms with Crippen molar-refractivity contribution in [2.45, 2.75) is 32.2 Å². The van der Waals surface area contributed by atoms with Gasteiger partial charge in [0.2, 0.25) is 5.95 Å². The van der Waals surface area contributed by atoms with Gasteiger partial charge in [0, 0.05) is 37.8 Å². The summed E-state index contributed by atoms with van der Waals surface area (Å²) >= 11 is 3.50. The summed E-state index contributed by atoms with van der Waals surface area (Å²) in [6.07, 6.45) is 12.6. The highest BCUT2D eigenvalue weighted by Gasteiger charge is 2.20. The zero-order chi connectivity index (χ0) is 23.2. The van der Waals surface area contributed by atoms with E-state index in [1.165, 1.54) is 18.6 Å². The third-order valence-corrected chi connectivity index (χ3v) is 6.31. The van der Waals surface area contributed by atoms with Gasteiger partial charge in [-0.2, -0.15) is 10.1 Å². The highest BCUT2D eigenvalue weighted by atomic mass is 79.9. The first-order valence-electron chi connectivity index (χ1n) is 11.1. The number of hydrogen-bond donors (Lipinski definition) is 2. The smallest absolute Gasteiger partial charge is 0.253 e. The second-order valence-corrected chi connectivity index (χ2v) is 9.05. The zero-order valence-electron chi connectivity index (χ0n) is 18.9. The minimum atomic E-state index is -0.102. The van der Waals surface area contributed by atoms with E-state index in [9.17, 15) is 4.79 Å². The Hall–Kier alpha value is -2.92. The van der Waals surface area contributed by atoms with Crippen LogP contribution in [0.2, 0.25) is 0 Å². The molecule has 0 unspecified atom stereocenters. The topological polar surface area (TPSA) is 100 Å². The predicted octanol–water partition coefficient (Wildman–Crippen LogP) is 3.40. The number of halogens is 1. The molecule has 176 valence electrons. The summed E-state index contributed by atoms with van der Waals surface area (Å²) in [5.74, 6) is 1.09. The predicted molar refractivity (Wildman–Crippen MR) is 130 cm³/mol. The van der Waals surface area contributed by atoms with Gasteiger partial charge in [-0.1, -0.05) is 0 Å². The Morgan fingerprint density at radius 3 is 2.91 bits per heavy atom. The fraction of sp³-hybridized carbons (Fsp3) is 0.455. The highest BCUT2D eigenvalue weighted by molar-refractivity contribution is 9.10. The monoisotopic (exact) mass is 516 g/mol. The van der Waals surface area contributed by atoms with Gasteiger partial charge < -0.3 is 25.2 Å². The number of nitrogens with zero attached hydrogens (tertiary/aromatic N) is 6. The van der Waals surface area contributed by atoms with Crippen LogP contribution in [-0.2, 0) is 9.53 Å². The van der Waals surface area contributed by atoms with Gasteiger partial charge in [-0.15, -0.1) is 0 Å². The fourth-order valence-corrected chi connectivity index (χ4v) is 4.12. The quantitative estimate of drug-likeness (QED) is 0.514. The van der Waals surface area contributed by atoms with E-state index in [4.69, 9.17) is 9.84 Å². The molecule has 0 spiro atoms. The normalized spacial score (nSPS) is 17.2. The molecule has 33 heavy (non-hydrogen) atoms. The molecule has 2 N–H and O–H groups in total. The van der Waals surface area contributed by atoms with Crippen LogP contribution in [-0.4, -0.2) is 68.7 Å². The van der Waals surface area contributed by atoms with Gasteiger partial charge in [-0.25, -0.2) is 4.98 Å². The molecule has 0 aliphatic carbocycles. The third-order valence-electron chi connectivity index (χ3n) is 5.73. The van der Waals surface area contributed by atoms with Crippen LogP contribution in [0.25, 0.3) is 0 Å². The molecular weight excluding hydrogens is 488 g/mol. The van der Waals surface area contributed by atoms with E-state index in [1.807, 2.05) is 13.1 Å². The molecule has 2 aromatic heterocycles. The van der Waals surface area contributed by atoms with Gasteiger partial charge in [-0.05, 0) is 62.3 Å². The summed E-state index contributed by atoms with van der Waals surface area (Å²) in [7, 11) is 2.16. The Morgan fingerprint density at radius 1 is 1.27 bits per heavy atom. The maximum Gasteiger partial charge on any atom is 0.253 e. The summed E-state index contributed by atoms with van der Waals surface area (Å²) in [5, 5.41) is 11.3. The van der Waals surface area contributed by atoms with Gasteiger partial charge in [0.15, 0.2) is 0 Å². The Morgan fingerprint density at radius 2 is 2.09 bits per heavy atom. The largest absolute Gasteiger partial charge is 0.471 e. The van der Waals surface area contributed by atoms with Crippen molar-refractivity contribution in [1.29, 1.82) is 0 Å². The average Bonchev–Trinajstić information content (AvgIpc) is 3.03. The summed E-state index contributed by atoms with van der Waals surface area (Å²) < 4.78 is 7.86. The molecule has 1 saturated heterocycles. The molecule has 0 bridgehead atoms. The van der Waals surface area contributed by atoms with Crippen LogP contribution in [0.1, 0.15) is 31.0 Å². The number of aromatic nitrogens is 4. The number of hydrogen-bond acceptors (Lipinski definition) is 8. The number of rotatable bonds is 8. The molecule has 10 nitrogen and oxygen atoms in total. The van der Waals surface area contributed by atoms with E-state index in [1.54, 1.807) is 17.3 Å². The first kappa shape index (κ1) is 23.2. The van der Waals surface area contributed by atoms with Crippen LogP contribution in [0.3, 0.4) is 0 Å². The number of carbonyl (C=O) groups is 1. The van der Waals surface area contributed by atoms with E-state index in [2.05, 4.69) is 53.2 Å². The van der Waals surface area contributed by atoms with Crippen molar-refractivity contribution in [2.24, 2.45) is 0 Å². The van der Waals surface area contributed by atoms with Gasteiger partial charge in [0.1, 0.15) is 12.1 Å². The Kier molecular flexibility index (Phi) is 7.61. The van der Waals surface area contributed by atoms with E-state index in [0.29, 0.717) is 30.9 Å². The van der Waals surface area contributed by atoms with E-state index in [-0.39, 0.29) is 5.91 Å². The molecule has 0 aromatic carbocycles. The average molecular weight is 517 g/mol. The van der Waals surface area contributed by atoms with Gasteiger partial charge >= 0.3 is 0 Å². The molecule has 2 aliphatic heterocycles. The van der Waals surface area contributed by atoms with Gasteiger partial charge in [-0.3, -0.25) is 9.48 Å². The molecule has 0 radical (unpaired) electrons. The standard InChI is InChI=1S/C22H29BrN8O2/c1-16-19(15-31(28-16)17-4-9-29(2)10-5-17)26-22-25-14-18(23)21(27-22)24-7-3-8-30-11-13-33-12-6-20(30)32/h6,11-15,17H,3-5,7-10H2,1-2H3,(H2,24,25,26,27). The number of anilines is 3. The number of nitrogens with one attached hydrogen (secondary N) is 2. The van der Waals surface area contributed by atoms with Crippen LogP contribution in [0.4, 0.5) is 17.5 Å². The second-order valence-electron chi connectivity index (χ2n) is 8.19. The Labute approximate surface area is 201 Å². The summed E-state index contributed by atoms with van der Waals surface area (Å²) in [5.41, 5.74) is 1.83. The van der Waals surface area contributed by atoms with Crippen molar-refractivity contribution in [3.05, 3.63) is 47.4 Å². The molecule has 2 aromatic rings. The van der Waals surface area contributed by atoms with Crippen molar-refractivity contribution in [3.63, 3.8) is 0 Å². The van der Waals surface area contributed by atoms with Gasteiger partial charge in [0.05, 0.1) is 28.2 Å². The van der Waals surface area contributed by atoms with Crippen molar-refractivity contribution >= 4 is 39.3 Å². The van der Waals surface area contributed by atoms with Crippen LogP contribution < -0.4 is 10.6 Å². The number of likely N-dealkylation sites (tertiary alicyclic amines) is 1. The first-order chi connectivity index (χ1) is 16.0.